The van der Waals surface area contributed by atoms with E-state index in [1.807, 2.05) is 0 Å². The molecule has 0 aliphatic carbocycles. The molecule has 0 rings (SSSR count). The third-order valence-corrected chi connectivity index (χ3v) is 17.5. The van der Waals surface area contributed by atoms with Crippen LogP contribution in [0.2, 0.25) is 0 Å². The molecular weight excluding hydrogens is 648 g/mol. The van der Waals surface area contributed by atoms with Crippen LogP contribution in [-0.4, -0.2) is 109 Å². The van der Waals surface area contributed by atoms with Crippen molar-refractivity contribution in [2.24, 2.45) is 0 Å². The Bertz CT molecular complexity index is 730. The van der Waals surface area contributed by atoms with Crippen LogP contribution in [0.1, 0.15) is 41.5 Å². The summed E-state index contributed by atoms with van der Waals surface area (Å²) < 4.78 is 65.6. The predicted molar refractivity (Wildman–Crippen MR) is 150 cm³/mol. The van der Waals surface area contributed by atoms with Crippen molar-refractivity contribution in [3.05, 3.63) is 0 Å². The van der Waals surface area contributed by atoms with Crippen LogP contribution in [-0.2, 0) is 27.4 Å². The van der Waals surface area contributed by atoms with E-state index in [1.54, 1.807) is 0 Å². The van der Waals surface area contributed by atoms with Crippen LogP contribution in [0.4, 0.5) is 0 Å². The molecule has 0 aromatic heterocycles. The second-order valence-corrected chi connectivity index (χ2v) is 24.4. The molecule has 20 heteroatoms. The van der Waals surface area contributed by atoms with Crippen molar-refractivity contribution >= 4 is 78.9 Å². The van der Waals surface area contributed by atoms with Gasteiger partial charge in [0.25, 0.3) is 0 Å². The van der Waals surface area contributed by atoms with E-state index in [4.69, 9.17) is 0 Å². The first-order valence-electron chi connectivity index (χ1n) is 11.7. The molecule has 38 heavy (non-hydrogen) atoms. The predicted octanol–water partition coefficient (Wildman–Crippen LogP) is 0.147. The van der Waals surface area contributed by atoms with E-state index in [-0.39, 0.29) is 109 Å². The first-order chi connectivity index (χ1) is 16.0. The summed E-state index contributed by atoms with van der Waals surface area (Å²) in [5.41, 5.74) is 0. The molecule has 0 aliphatic rings. The molecule has 0 bridgehead atoms. The van der Waals surface area contributed by atoms with Gasteiger partial charge in [-0.25, -0.2) is 0 Å². The van der Waals surface area contributed by atoms with Gasteiger partial charge < -0.3 is 56.8 Å². The van der Waals surface area contributed by atoms with E-state index >= 15 is 0 Å². The second kappa shape index (κ2) is 22.7. The van der Waals surface area contributed by atoms with Crippen LogP contribution in [0, 0.1) is 0 Å². The molecule has 0 radical (unpaired) electrons. The SMILES string of the molecule is CCP(=O)([O-])CCP(=O)([O-])CC.CCP(=O)([O-])CCP(=O)([O-])CC.CCP(=O)([O-])CCP(=O)([O-])CC.[Al+3].[Al+3]. The van der Waals surface area contributed by atoms with Gasteiger partial charge in [-0.05, 0) is 73.9 Å². The minimum Gasteiger partial charge on any atom is -0.799 e. The number of rotatable bonds is 15. The maximum Gasteiger partial charge on any atom is 3.00 e. The van der Waals surface area contributed by atoms with Crippen LogP contribution in [0.3, 0.4) is 0 Å². The molecule has 0 saturated heterocycles. The molecule has 222 valence electrons. The van der Waals surface area contributed by atoms with E-state index in [2.05, 4.69) is 0 Å². The summed E-state index contributed by atoms with van der Waals surface area (Å²) in [5.74, 6) is 0. The number of hydrogen-bond donors (Lipinski definition) is 0. The largest absolute Gasteiger partial charge is 3.00 e. The first kappa shape index (κ1) is 49.9. The molecule has 0 spiro atoms. The topological polar surface area (TPSA) is 241 Å². The fourth-order valence-electron chi connectivity index (χ4n) is 1.86. The minimum absolute atomic E-state index is 0. The zero-order valence-corrected chi connectivity index (χ0v) is 30.9. The summed E-state index contributed by atoms with van der Waals surface area (Å²) in [6, 6.07) is 0. The van der Waals surface area contributed by atoms with Crippen LogP contribution < -0.4 is 29.4 Å². The van der Waals surface area contributed by atoms with Crippen molar-refractivity contribution in [3.8, 4) is 0 Å². The van der Waals surface area contributed by atoms with Gasteiger partial charge in [0.1, 0.15) is 0 Å². The van der Waals surface area contributed by atoms with E-state index in [1.165, 1.54) is 41.5 Å². The van der Waals surface area contributed by atoms with E-state index in [0.717, 1.165) is 0 Å². The van der Waals surface area contributed by atoms with Gasteiger partial charge in [0.2, 0.25) is 0 Å². The Morgan fingerprint density at radius 3 is 0.447 bits per heavy atom. The summed E-state index contributed by atoms with van der Waals surface area (Å²) >= 11 is 0. The fraction of sp³-hybridized carbons (Fsp3) is 1.00. The molecule has 0 aromatic carbocycles. The zero-order chi connectivity index (χ0) is 29.5. The van der Waals surface area contributed by atoms with Crippen molar-refractivity contribution in [1.29, 1.82) is 0 Å². The van der Waals surface area contributed by atoms with Gasteiger partial charge in [0, 0.05) is 44.2 Å². The van der Waals surface area contributed by atoms with Crippen molar-refractivity contribution in [2.75, 3.05) is 73.9 Å². The van der Waals surface area contributed by atoms with Gasteiger partial charge in [-0.15, -0.1) is 0 Å². The molecule has 6 unspecified atom stereocenters. The van der Waals surface area contributed by atoms with E-state index < -0.39 is 44.2 Å². The van der Waals surface area contributed by atoms with Crippen molar-refractivity contribution in [3.63, 3.8) is 0 Å². The Kier molecular flexibility index (Phi) is 29.8. The summed E-state index contributed by atoms with van der Waals surface area (Å²) in [6.07, 6.45) is -1.03. The molecule has 0 heterocycles. The molecule has 0 amide bonds. The van der Waals surface area contributed by atoms with Crippen molar-refractivity contribution in [2.45, 2.75) is 41.5 Å². The van der Waals surface area contributed by atoms with Gasteiger partial charge in [0.15, 0.2) is 0 Å². The quantitative estimate of drug-likeness (QED) is 0.165. The first-order valence-corrected chi connectivity index (χ1v) is 23.7. The van der Waals surface area contributed by atoms with Crippen LogP contribution in [0.25, 0.3) is 0 Å². The minimum atomic E-state index is -3.41. The van der Waals surface area contributed by atoms with Crippen LogP contribution in [0.15, 0.2) is 0 Å². The smallest absolute Gasteiger partial charge is 0.799 e. The van der Waals surface area contributed by atoms with Crippen molar-refractivity contribution in [1.82, 2.24) is 0 Å². The third kappa shape index (κ3) is 31.1. The Morgan fingerprint density at radius 1 is 0.316 bits per heavy atom. The van der Waals surface area contributed by atoms with Crippen molar-refractivity contribution < 1.29 is 56.8 Å². The molecule has 0 aromatic rings. The van der Waals surface area contributed by atoms with Gasteiger partial charge in [-0.1, -0.05) is 41.5 Å². The fourth-order valence-corrected chi connectivity index (χ4v) is 11.1. The van der Waals surface area contributed by atoms with Gasteiger partial charge >= 0.3 is 34.7 Å². The summed E-state index contributed by atoms with van der Waals surface area (Å²) in [4.78, 5) is 65.6. The van der Waals surface area contributed by atoms with Gasteiger partial charge in [-0.3, -0.25) is 0 Å². The van der Waals surface area contributed by atoms with E-state index in [0.29, 0.717) is 0 Å². The Balaban J connectivity index is -0.000000140. The molecule has 0 fully saturated rings. The average Bonchev–Trinajstić information content (AvgIpc) is 2.81. The second-order valence-electron chi connectivity index (χ2n) is 8.13. The molecule has 0 N–H and O–H groups in total. The Hall–Kier alpha value is 2.20. The normalized spacial score (nSPS) is 20.2. The van der Waals surface area contributed by atoms with Gasteiger partial charge in [-0.2, -0.15) is 0 Å². The maximum atomic E-state index is 10.9. The zero-order valence-electron chi connectivity index (χ0n) is 23.2. The molecular formula is C18H42Al2O12P6. The average molecular weight is 690 g/mol. The summed E-state index contributed by atoms with van der Waals surface area (Å²) in [5, 5.41) is 0. The maximum absolute atomic E-state index is 10.9. The molecule has 0 saturated carbocycles. The Labute approximate surface area is 250 Å². The summed E-state index contributed by atoms with van der Waals surface area (Å²) in [6.45, 7) is 9.14. The Morgan fingerprint density at radius 2 is 0.395 bits per heavy atom. The van der Waals surface area contributed by atoms with Crippen LogP contribution in [0.5, 0.6) is 0 Å². The monoisotopic (exact) mass is 690 g/mol. The molecule has 6 atom stereocenters. The standard InChI is InChI=1S/3C6H16O4P2.2Al/c3*1-3-11(7,8)5-6-12(9,10)4-2;;/h3*3-6H2,1-2H3,(H,7,8)(H,9,10);;/q;;;2*+3/p-6. The molecule has 0 aliphatic heterocycles. The van der Waals surface area contributed by atoms with Crippen LogP contribution >= 0.6 is 44.2 Å². The summed E-state index contributed by atoms with van der Waals surface area (Å²) in [7, 11) is -20.4. The van der Waals surface area contributed by atoms with Gasteiger partial charge in [0.05, 0.1) is 0 Å². The number of hydrogen-bond acceptors (Lipinski definition) is 12. The molecule has 12 nitrogen and oxygen atoms in total. The van der Waals surface area contributed by atoms with E-state index in [9.17, 15) is 56.8 Å². The third-order valence-electron chi connectivity index (χ3n) is 5.23.